The van der Waals surface area contributed by atoms with Crippen LogP contribution in [-0.2, 0) is 6.18 Å². The minimum Gasteiger partial charge on any atom is -0.339 e. The molecular formula is C18H16F3N5. The Morgan fingerprint density at radius 3 is 2.38 bits per heavy atom. The van der Waals surface area contributed by atoms with Crippen molar-refractivity contribution < 1.29 is 13.2 Å². The highest BCUT2D eigenvalue weighted by Crippen LogP contribution is 2.31. The number of aryl methyl sites for hydroxylation is 2. The minimum absolute atomic E-state index is 0.0955. The molecule has 3 aromatic rings. The van der Waals surface area contributed by atoms with Crippen molar-refractivity contribution in [1.82, 2.24) is 15.2 Å². The molecule has 0 saturated carbocycles. The van der Waals surface area contributed by atoms with E-state index < -0.39 is 11.7 Å². The Morgan fingerprint density at radius 1 is 0.885 bits per heavy atom. The molecule has 5 nitrogen and oxygen atoms in total. The van der Waals surface area contributed by atoms with Crippen LogP contribution in [0.15, 0.2) is 48.7 Å². The summed E-state index contributed by atoms with van der Waals surface area (Å²) in [4.78, 5) is 4.23. The molecule has 0 aliphatic heterocycles. The molecule has 0 aliphatic carbocycles. The maximum Gasteiger partial charge on any atom is 0.416 e. The van der Waals surface area contributed by atoms with E-state index in [0.717, 1.165) is 23.4 Å². The van der Waals surface area contributed by atoms with E-state index >= 15 is 0 Å². The largest absolute Gasteiger partial charge is 0.416 e. The molecule has 0 fully saturated rings. The van der Waals surface area contributed by atoms with Crippen LogP contribution in [0.4, 0.5) is 36.3 Å². The van der Waals surface area contributed by atoms with Crippen LogP contribution >= 0.6 is 0 Å². The van der Waals surface area contributed by atoms with Crippen molar-refractivity contribution in [3.8, 4) is 0 Å². The van der Waals surface area contributed by atoms with E-state index in [-0.39, 0.29) is 11.6 Å². The summed E-state index contributed by atoms with van der Waals surface area (Å²) in [6, 6.07) is 10.7. The summed E-state index contributed by atoms with van der Waals surface area (Å²) in [6.07, 6.45) is -2.98. The molecule has 3 rings (SSSR count). The smallest absolute Gasteiger partial charge is 0.339 e. The monoisotopic (exact) mass is 359 g/mol. The first-order chi connectivity index (χ1) is 12.3. The molecular weight excluding hydrogens is 343 g/mol. The quantitative estimate of drug-likeness (QED) is 0.687. The second-order valence-electron chi connectivity index (χ2n) is 5.79. The lowest BCUT2D eigenvalue weighted by Gasteiger charge is -2.11. The van der Waals surface area contributed by atoms with Crippen LogP contribution in [-0.4, -0.2) is 15.2 Å². The fourth-order valence-electron chi connectivity index (χ4n) is 2.29. The fraction of sp³-hybridized carbons (Fsp3) is 0.167. The third-order valence-corrected chi connectivity index (χ3v) is 3.78. The first kappa shape index (κ1) is 17.7. The van der Waals surface area contributed by atoms with Crippen molar-refractivity contribution in [1.29, 1.82) is 0 Å². The number of hydrogen-bond acceptors (Lipinski definition) is 5. The zero-order valence-electron chi connectivity index (χ0n) is 14.1. The summed E-state index contributed by atoms with van der Waals surface area (Å²) in [5.74, 6) is 0.524. The van der Waals surface area contributed by atoms with Gasteiger partial charge in [0.25, 0.3) is 0 Å². The zero-order valence-corrected chi connectivity index (χ0v) is 14.1. The first-order valence-corrected chi connectivity index (χ1v) is 7.79. The second-order valence-corrected chi connectivity index (χ2v) is 5.79. The van der Waals surface area contributed by atoms with Crippen LogP contribution in [0.25, 0.3) is 0 Å². The number of rotatable bonds is 4. The van der Waals surface area contributed by atoms with Crippen molar-refractivity contribution in [3.63, 3.8) is 0 Å². The van der Waals surface area contributed by atoms with Gasteiger partial charge in [-0.1, -0.05) is 12.1 Å². The van der Waals surface area contributed by atoms with E-state index in [1.807, 2.05) is 32.0 Å². The minimum atomic E-state index is -4.41. The molecule has 0 aliphatic rings. The molecule has 26 heavy (non-hydrogen) atoms. The molecule has 1 heterocycles. The van der Waals surface area contributed by atoms with E-state index in [1.165, 1.54) is 23.9 Å². The number of nitrogens with one attached hydrogen (secondary N) is 2. The maximum atomic E-state index is 12.8. The summed E-state index contributed by atoms with van der Waals surface area (Å²) in [5, 5.41) is 13.5. The number of halogens is 3. The Bertz CT molecular complexity index is 925. The van der Waals surface area contributed by atoms with Gasteiger partial charge in [-0.25, -0.2) is 0 Å². The van der Waals surface area contributed by atoms with Crippen LogP contribution in [0.2, 0.25) is 0 Å². The highest BCUT2D eigenvalue weighted by atomic mass is 19.4. The predicted molar refractivity (Wildman–Crippen MR) is 93.8 cm³/mol. The van der Waals surface area contributed by atoms with Gasteiger partial charge in [-0.05, 0) is 55.3 Å². The molecule has 2 aromatic carbocycles. The van der Waals surface area contributed by atoms with Gasteiger partial charge in [0.2, 0.25) is 5.95 Å². The number of nitrogens with zero attached hydrogens (tertiary/aromatic N) is 3. The molecule has 1 aromatic heterocycles. The molecule has 0 radical (unpaired) electrons. The lowest BCUT2D eigenvalue weighted by Crippen LogP contribution is -2.06. The van der Waals surface area contributed by atoms with E-state index in [9.17, 15) is 13.2 Å². The van der Waals surface area contributed by atoms with Gasteiger partial charge in [0.1, 0.15) is 0 Å². The number of aromatic nitrogens is 3. The summed E-state index contributed by atoms with van der Waals surface area (Å²) in [7, 11) is 0. The Balaban J connectivity index is 1.78. The van der Waals surface area contributed by atoms with Gasteiger partial charge in [0, 0.05) is 11.4 Å². The van der Waals surface area contributed by atoms with Gasteiger partial charge in [-0.15, -0.1) is 5.10 Å². The summed E-state index contributed by atoms with van der Waals surface area (Å²) in [6.45, 7) is 4.02. The standard InChI is InChI=1S/C18H16F3N5/c1-11-6-7-15(8-12(11)2)23-16-10-22-26-17(25-16)24-14-5-3-4-13(9-14)18(19,20)21/h3-10H,1-2H3,(H2,23,24,25,26). The number of alkyl halides is 3. The van der Waals surface area contributed by atoms with E-state index in [4.69, 9.17) is 0 Å². The number of benzene rings is 2. The van der Waals surface area contributed by atoms with Gasteiger partial charge in [0.05, 0.1) is 11.8 Å². The van der Waals surface area contributed by atoms with Crippen molar-refractivity contribution >= 4 is 23.1 Å². The predicted octanol–water partition coefficient (Wildman–Crippen LogP) is 4.99. The average molecular weight is 359 g/mol. The molecule has 0 amide bonds. The van der Waals surface area contributed by atoms with Crippen LogP contribution in [0, 0.1) is 13.8 Å². The number of hydrogen-bond donors (Lipinski definition) is 2. The Morgan fingerprint density at radius 2 is 1.65 bits per heavy atom. The maximum absolute atomic E-state index is 12.8. The third kappa shape index (κ3) is 4.27. The SMILES string of the molecule is Cc1ccc(Nc2cnnc(Nc3cccc(C(F)(F)F)c3)n2)cc1C. The van der Waals surface area contributed by atoms with Crippen molar-refractivity contribution in [3.05, 3.63) is 65.4 Å². The molecule has 0 saturated heterocycles. The van der Waals surface area contributed by atoms with Crippen molar-refractivity contribution in [2.45, 2.75) is 20.0 Å². The summed E-state index contributed by atoms with van der Waals surface area (Å²) < 4.78 is 38.4. The topological polar surface area (TPSA) is 62.7 Å². The zero-order chi connectivity index (χ0) is 18.7. The van der Waals surface area contributed by atoms with Crippen LogP contribution < -0.4 is 10.6 Å². The molecule has 0 bridgehead atoms. The third-order valence-electron chi connectivity index (χ3n) is 3.78. The fourth-order valence-corrected chi connectivity index (χ4v) is 2.29. The molecule has 0 unspecified atom stereocenters. The molecule has 0 spiro atoms. The van der Waals surface area contributed by atoms with Gasteiger partial charge in [-0.2, -0.15) is 23.3 Å². The van der Waals surface area contributed by atoms with Gasteiger partial charge in [-0.3, -0.25) is 0 Å². The summed E-state index contributed by atoms with van der Waals surface area (Å²) in [5.41, 5.74) is 2.60. The van der Waals surface area contributed by atoms with E-state index in [1.54, 1.807) is 0 Å². The molecule has 2 N–H and O–H groups in total. The lowest BCUT2D eigenvalue weighted by atomic mass is 10.1. The van der Waals surface area contributed by atoms with Crippen molar-refractivity contribution in [2.24, 2.45) is 0 Å². The van der Waals surface area contributed by atoms with Crippen LogP contribution in [0.3, 0.4) is 0 Å². The Hall–Kier alpha value is -3.16. The van der Waals surface area contributed by atoms with E-state index in [2.05, 4.69) is 25.8 Å². The molecule has 0 atom stereocenters. The lowest BCUT2D eigenvalue weighted by molar-refractivity contribution is -0.137. The molecule has 134 valence electrons. The summed E-state index contributed by atoms with van der Waals surface area (Å²) >= 11 is 0. The average Bonchev–Trinajstić information content (AvgIpc) is 2.58. The Kier molecular flexibility index (Phi) is 4.75. The van der Waals surface area contributed by atoms with E-state index in [0.29, 0.717) is 5.82 Å². The van der Waals surface area contributed by atoms with Gasteiger partial charge < -0.3 is 10.6 Å². The Labute approximate surface area is 148 Å². The van der Waals surface area contributed by atoms with Crippen LogP contribution in [0.1, 0.15) is 16.7 Å². The van der Waals surface area contributed by atoms with Crippen molar-refractivity contribution in [2.75, 3.05) is 10.6 Å². The number of anilines is 4. The van der Waals surface area contributed by atoms with Gasteiger partial charge in [0.15, 0.2) is 5.82 Å². The van der Waals surface area contributed by atoms with Crippen LogP contribution in [0.5, 0.6) is 0 Å². The van der Waals surface area contributed by atoms with Gasteiger partial charge >= 0.3 is 6.18 Å². The highest BCUT2D eigenvalue weighted by molar-refractivity contribution is 5.60. The highest BCUT2D eigenvalue weighted by Gasteiger charge is 2.30. The normalized spacial score (nSPS) is 11.3. The first-order valence-electron chi connectivity index (χ1n) is 7.79. The second kappa shape index (κ2) is 6.99. The molecule has 8 heteroatoms.